The van der Waals surface area contributed by atoms with Gasteiger partial charge in [-0.05, 0) is 45.2 Å². The molecule has 1 aliphatic heterocycles. The molecule has 1 aliphatic rings. The van der Waals surface area contributed by atoms with Gasteiger partial charge in [-0.1, -0.05) is 23.8 Å². The van der Waals surface area contributed by atoms with E-state index in [2.05, 4.69) is 68.7 Å². The Hall–Kier alpha value is -2.53. The molecule has 1 atom stereocenters. The fraction of sp³-hybridized carbons (Fsp3) is 0.409. The highest BCUT2D eigenvalue weighted by atomic mass is 15.1. The van der Waals surface area contributed by atoms with E-state index in [9.17, 15) is 0 Å². The topological polar surface area (TPSA) is 46.8 Å². The first-order chi connectivity index (χ1) is 13.2. The zero-order chi connectivity index (χ0) is 18.6. The van der Waals surface area contributed by atoms with E-state index in [0.29, 0.717) is 5.92 Å². The Morgan fingerprint density at radius 3 is 2.70 bits per heavy atom. The summed E-state index contributed by atoms with van der Waals surface area (Å²) in [7, 11) is 0. The third-order valence-corrected chi connectivity index (χ3v) is 5.37. The summed E-state index contributed by atoms with van der Waals surface area (Å²) in [6, 6.07) is 8.34. The number of benzene rings is 1. The molecule has 1 saturated heterocycles. The third-order valence-electron chi connectivity index (χ3n) is 5.37. The largest absolute Gasteiger partial charge is 0.335 e. The first kappa shape index (κ1) is 17.9. The molecule has 27 heavy (non-hydrogen) atoms. The SMILES string of the molecule is Cc1cccc(-c2ncc(CN3CCC[C@@H](Cn4ccnc4C)C3)cn2)c1. The number of aryl methyl sites for hydroxylation is 2. The van der Waals surface area contributed by atoms with Crippen LogP contribution in [0.2, 0.25) is 0 Å². The second-order valence-electron chi connectivity index (χ2n) is 7.65. The lowest BCUT2D eigenvalue weighted by Gasteiger charge is -2.33. The predicted molar refractivity (Wildman–Crippen MR) is 107 cm³/mol. The quantitative estimate of drug-likeness (QED) is 0.692. The fourth-order valence-electron chi connectivity index (χ4n) is 3.95. The van der Waals surface area contributed by atoms with Gasteiger partial charge in [0.15, 0.2) is 5.82 Å². The average molecular weight is 361 g/mol. The molecule has 0 N–H and O–H groups in total. The number of likely N-dealkylation sites (tertiary alicyclic amines) is 1. The van der Waals surface area contributed by atoms with Crippen LogP contribution in [0.3, 0.4) is 0 Å². The molecule has 2 aromatic heterocycles. The fourth-order valence-corrected chi connectivity index (χ4v) is 3.95. The predicted octanol–water partition coefficient (Wildman–Crippen LogP) is 3.87. The van der Waals surface area contributed by atoms with E-state index in [1.807, 2.05) is 18.6 Å². The number of rotatable bonds is 5. The molecule has 0 spiro atoms. The molecule has 5 heteroatoms. The summed E-state index contributed by atoms with van der Waals surface area (Å²) in [5.41, 5.74) is 3.49. The number of piperidine rings is 1. The van der Waals surface area contributed by atoms with E-state index in [1.165, 1.54) is 24.0 Å². The molecular weight excluding hydrogens is 334 g/mol. The number of nitrogens with zero attached hydrogens (tertiary/aromatic N) is 5. The smallest absolute Gasteiger partial charge is 0.159 e. The van der Waals surface area contributed by atoms with E-state index in [4.69, 9.17) is 0 Å². The van der Waals surface area contributed by atoms with Crippen molar-refractivity contribution in [3.05, 3.63) is 66.0 Å². The van der Waals surface area contributed by atoms with Crippen LogP contribution >= 0.6 is 0 Å². The summed E-state index contributed by atoms with van der Waals surface area (Å²) >= 11 is 0. The summed E-state index contributed by atoms with van der Waals surface area (Å²) in [5.74, 6) is 2.58. The van der Waals surface area contributed by atoms with Crippen LogP contribution in [0.5, 0.6) is 0 Å². The minimum absolute atomic E-state index is 0.680. The van der Waals surface area contributed by atoms with Gasteiger partial charge in [0.25, 0.3) is 0 Å². The lowest BCUT2D eigenvalue weighted by molar-refractivity contribution is 0.155. The molecule has 1 aromatic carbocycles. The molecule has 0 saturated carbocycles. The van der Waals surface area contributed by atoms with Gasteiger partial charge < -0.3 is 4.57 Å². The van der Waals surface area contributed by atoms with Gasteiger partial charge in [0.05, 0.1) is 0 Å². The van der Waals surface area contributed by atoms with Crippen LogP contribution in [0.25, 0.3) is 11.4 Å². The Balaban J connectivity index is 1.38. The number of hydrogen-bond donors (Lipinski definition) is 0. The maximum Gasteiger partial charge on any atom is 0.159 e. The van der Waals surface area contributed by atoms with Crippen LogP contribution in [0.4, 0.5) is 0 Å². The maximum absolute atomic E-state index is 4.60. The first-order valence-corrected chi connectivity index (χ1v) is 9.75. The van der Waals surface area contributed by atoms with Gasteiger partial charge in [-0.2, -0.15) is 0 Å². The summed E-state index contributed by atoms with van der Waals surface area (Å²) in [4.78, 5) is 16.1. The van der Waals surface area contributed by atoms with Crippen LogP contribution < -0.4 is 0 Å². The third kappa shape index (κ3) is 4.42. The highest BCUT2D eigenvalue weighted by molar-refractivity contribution is 5.55. The van der Waals surface area contributed by atoms with Crippen LogP contribution in [0.15, 0.2) is 49.1 Å². The zero-order valence-corrected chi connectivity index (χ0v) is 16.2. The minimum Gasteiger partial charge on any atom is -0.335 e. The molecule has 1 fully saturated rings. The monoisotopic (exact) mass is 361 g/mol. The number of imidazole rings is 1. The normalized spacial score (nSPS) is 17.9. The van der Waals surface area contributed by atoms with E-state index >= 15 is 0 Å². The summed E-state index contributed by atoms with van der Waals surface area (Å²) in [5, 5.41) is 0. The molecule has 3 heterocycles. The minimum atomic E-state index is 0.680. The van der Waals surface area contributed by atoms with Crippen molar-refractivity contribution >= 4 is 0 Å². The maximum atomic E-state index is 4.60. The number of hydrogen-bond acceptors (Lipinski definition) is 4. The second-order valence-corrected chi connectivity index (χ2v) is 7.65. The number of aromatic nitrogens is 4. The molecule has 0 bridgehead atoms. The Morgan fingerprint density at radius 2 is 1.96 bits per heavy atom. The van der Waals surface area contributed by atoms with Crippen LogP contribution in [-0.4, -0.2) is 37.5 Å². The van der Waals surface area contributed by atoms with E-state index in [0.717, 1.165) is 43.4 Å². The molecule has 3 aromatic rings. The summed E-state index contributed by atoms with van der Waals surface area (Å²) in [6.07, 6.45) is 10.5. The first-order valence-electron chi connectivity index (χ1n) is 9.75. The lowest BCUT2D eigenvalue weighted by Crippen LogP contribution is -2.36. The van der Waals surface area contributed by atoms with Gasteiger partial charge in [0, 0.05) is 55.5 Å². The lowest BCUT2D eigenvalue weighted by atomic mass is 9.97. The standard InChI is InChI=1S/C22H27N5/c1-17-5-3-7-21(11-17)22-24-12-20(13-25-22)15-26-9-4-6-19(14-26)16-27-10-8-23-18(27)2/h3,5,7-8,10-13,19H,4,6,9,14-16H2,1-2H3/t19-/m1/s1. The van der Waals surface area contributed by atoms with Crippen LogP contribution in [-0.2, 0) is 13.1 Å². The molecule has 4 rings (SSSR count). The van der Waals surface area contributed by atoms with Gasteiger partial charge in [0.1, 0.15) is 5.82 Å². The summed E-state index contributed by atoms with van der Waals surface area (Å²) < 4.78 is 2.27. The summed E-state index contributed by atoms with van der Waals surface area (Å²) in [6.45, 7) is 8.43. The zero-order valence-electron chi connectivity index (χ0n) is 16.2. The van der Waals surface area contributed by atoms with Crippen molar-refractivity contribution in [1.82, 2.24) is 24.4 Å². The highest BCUT2D eigenvalue weighted by Gasteiger charge is 2.21. The molecule has 0 amide bonds. The van der Waals surface area contributed by atoms with Crippen molar-refractivity contribution in [2.24, 2.45) is 5.92 Å². The molecule has 0 radical (unpaired) electrons. The Morgan fingerprint density at radius 1 is 1.11 bits per heavy atom. The van der Waals surface area contributed by atoms with E-state index in [1.54, 1.807) is 0 Å². The van der Waals surface area contributed by atoms with Crippen molar-refractivity contribution in [2.75, 3.05) is 13.1 Å². The van der Waals surface area contributed by atoms with Gasteiger partial charge in [-0.25, -0.2) is 15.0 Å². The molecule has 0 aliphatic carbocycles. The van der Waals surface area contributed by atoms with Crippen molar-refractivity contribution in [3.63, 3.8) is 0 Å². The van der Waals surface area contributed by atoms with Crippen molar-refractivity contribution < 1.29 is 0 Å². The molecule has 0 unspecified atom stereocenters. The highest BCUT2D eigenvalue weighted by Crippen LogP contribution is 2.21. The van der Waals surface area contributed by atoms with Gasteiger partial charge in [-0.3, -0.25) is 4.90 Å². The molecule has 140 valence electrons. The van der Waals surface area contributed by atoms with Crippen molar-refractivity contribution in [3.8, 4) is 11.4 Å². The van der Waals surface area contributed by atoms with Crippen LogP contribution in [0, 0.1) is 19.8 Å². The van der Waals surface area contributed by atoms with Gasteiger partial charge >= 0.3 is 0 Å². The van der Waals surface area contributed by atoms with Crippen molar-refractivity contribution in [2.45, 2.75) is 39.8 Å². The Labute approximate surface area is 161 Å². The Kier molecular flexibility index (Phi) is 5.30. The van der Waals surface area contributed by atoms with E-state index < -0.39 is 0 Å². The van der Waals surface area contributed by atoms with Crippen molar-refractivity contribution in [1.29, 1.82) is 0 Å². The van der Waals surface area contributed by atoms with Crippen LogP contribution in [0.1, 0.15) is 29.8 Å². The second kappa shape index (κ2) is 8.01. The molecule has 5 nitrogen and oxygen atoms in total. The molecular formula is C22H27N5. The van der Waals surface area contributed by atoms with Gasteiger partial charge in [0.2, 0.25) is 0 Å². The van der Waals surface area contributed by atoms with E-state index in [-0.39, 0.29) is 0 Å². The average Bonchev–Trinajstić information content (AvgIpc) is 3.07. The Bertz CT molecular complexity index is 884. The van der Waals surface area contributed by atoms with Gasteiger partial charge in [-0.15, -0.1) is 0 Å².